The summed E-state index contributed by atoms with van der Waals surface area (Å²) in [7, 11) is 0. The van der Waals surface area contributed by atoms with Crippen molar-refractivity contribution in [3.8, 4) is 0 Å². The van der Waals surface area contributed by atoms with Crippen molar-refractivity contribution in [2.75, 3.05) is 10.2 Å². The van der Waals surface area contributed by atoms with Crippen molar-refractivity contribution in [2.24, 2.45) is 11.8 Å². The Kier molecular flexibility index (Phi) is 4.59. The summed E-state index contributed by atoms with van der Waals surface area (Å²) in [6.07, 6.45) is 5.16. The maximum atomic E-state index is 12.7. The maximum absolute atomic E-state index is 12.7. The first-order valence-corrected chi connectivity index (χ1v) is 9.47. The van der Waals surface area contributed by atoms with Gasteiger partial charge in [0, 0.05) is 11.3 Å². The van der Waals surface area contributed by atoms with E-state index in [0.717, 1.165) is 16.8 Å². The van der Waals surface area contributed by atoms with E-state index in [0.29, 0.717) is 24.1 Å². The van der Waals surface area contributed by atoms with E-state index < -0.39 is 0 Å². The fraction of sp³-hybridized carbons (Fsp3) is 0.261. The van der Waals surface area contributed by atoms with Crippen molar-refractivity contribution in [3.63, 3.8) is 0 Å². The third-order valence-corrected chi connectivity index (χ3v) is 5.66. The molecule has 0 radical (unpaired) electrons. The van der Waals surface area contributed by atoms with Gasteiger partial charge < -0.3 is 5.32 Å². The summed E-state index contributed by atoms with van der Waals surface area (Å²) >= 11 is 0. The van der Waals surface area contributed by atoms with Crippen molar-refractivity contribution >= 4 is 29.1 Å². The van der Waals surface area contributed by atoms with Crippen LogP contribution in [0.4, 0.5) is 11.4 Å². The third kappa shape index (κ3) is 3.13. The number of amides is 3. The molecule has 0 bridgehead atoms. The van der Waals surface area contributed by atoms with Gasteiger partial charge in [0.25, 0.3) is 5.91 Å². The van der Waals surface area contributed by atoms with Crippen LogP contribution in [0.2, 0.25) is 0 Å². The Bertz CT molecular complexity index is 965. The van der Waals surface area contributed by atoms with Crippen LogP contribution >= 0.6 is 0 Å². The number of aryl methyl sites for hydroxylation is 2. The molecular weight excluding hydrogens is 352 g/mol. The number of carbonyl (C=O) groups is 3. The Morgan fingerprint density at radius 3 is 2.07 bits per heavy atom. The summed E-state index contributed by atoms with van der Waals surface area (Å²) < 4.78 is 0. The lowest BCUT2D eigenvalue weighted by atomic mass is 9.85. The number of hydrogen-bond acceptors (Lipinski definition) is 3. The summed E-state index contributed by atoms with van der Waals surface area (Å²) in [6, 6.07) is 12.4. The lowest BCUT2D eigenvalue weighted by molar-refractivity contribution is -0.122. The van der Waals surface area contributed by atoms with E-state index in [1.807, 2.05) is 44.2 Å². The smallest absolute Gasteiger partial charge is 0.255 e. The SMILES string of the molecule is Cc1ccc(NC(=O)c2ccc(N3C(=O)[C@H]4CC=CC[C@@H]4C3=O)cc2)cc1C. The predicted molar refractivity (Wildman–Crippen MR) is 108 cm³/mol. The van der Waals surface area contributed by atoms with E-state index in [2.05, 4.69) is 5.32 Å². The Morgan fingerprint density at radius 2 is 1.50 bits per heavy atom. The number of nitrogens with one attached hydrogen (secondary N) is 1. The van der Waals surface area contributed by atoms with E-state index in [1.54, 1.807) is 24.3 Å². The van der Waals surface area contributed by atoms with Crippen LogP contribution in [0.1, 0.15) is 34.3 Å². The molecule has 2 aromatic carbocycles. The van der Waals surface area contributed by atoms with Gasteiger partial charge in [-0.15, -0.1) is 0 Å². The molecule has 1 saturated heterocycles. The average Bonchev–Trinajstić information content (AvgIpc) is 2.96. The Hall–Kier alpha value is -3.21. The molecule has 5 nitrogen and oxygen atoms in total. The number of rotatable bonds is 3. The van der Waals surface area contributed by atoms with Gasteiger partial charge in [0.05, 0.1) is 17.5 Å². The minimum absolute atomic E-state index is 0.147. The number of carbonyl (C=O) groups excluding carboxylic acids is 3. The molecule has 1 N–H and O–H groups in total. The van der Waals surface area contributed by atoms with Gasteiger partial charge in [-0.05, 0) is 74.2 Å². The lowest BCUT2D eigenvalue weighted by Gasteiger charge is -2.15. The van der Waals surface area contributed by atoms with Gasteiger partial charge in [0.1, 0.15) is 0 Å². The standard InChI is InChI=1S/C23H22N2O3/c1-14-7-10-17(13-15(14)2)24-21(26)16-8-11-18(12-9-16)25-22(27)19-5-3-4-6-20(19)23(25)28/h3-4,7-13,19-20H,5-6H2,1-2H3,(H,24,26)/t19-,20-/m0/s1. The number of anilines is 2. The van der Waals surface area contributed by atoms with Crippen LogP contribution in [-0.2, 0) is 9.59 Å². The van der Waals surface area contributed by atoms with Gasteiger partial charge in [0.2, 0.25) is 11.8 Å². The highest BCUT2D eigenvalue weighted by molar-refractivity contribution is 6.22. The summed E-state index contributed by atoms with van der Waals surface area (Å²) in [4.78, 5) is 39.1. The molecule has 28 heavy (non-hydrogen) atoms. The van der Waals surface area contributed by atoms with Gasteiger partial charge in [-0.25, -0.2) is 0 Å². The zero-order chi connectivity index (χ0) is 19.8. The monoisotopic (exact) mass is 374 g/mol. The normalized spacial score (nSPS) is 21.0. The molecule has 0 unspecified atom stereocenters. The Labute approximate surface area is 164 Å². The first-order valence-electron chi connectivity index (χ1n) is 9.47. The van der Waals surface area contributed by atoms with Crippen molar-refractivity contribution in [1.29, 1.82) is 0 Å². The first-order chi connectivity index (χ1) is 13.5. The highest BCUT2D eigenvalue weighted by atomic mass is 16.2. The third-order valence-electron chi connectivity index (χ3n) is 5.66. The highest BCUT2D eigenvalue weighted by Gasteiger charge is 2.47. The molecule has 1 fully saturated rings. The number of allylic oxidation sites excluding steroid dienone is 2. The minimum Gasteiger partial charge on any atom is -0.322 e. The summed E-state index contributed by atoms with van der Waals surface area (Å²) in [5.41, 5.74) is 4.00. The quantitative estimate of drug-likeness (QED) is 0.652. The molecule has 2 aromatic rings. The molecule has 142 valence electrons. The fourth-order valence-electron chi connectivity index (χ4n) is 3.84. The number of benzene rings is 2. The van der Waals surface area contributed by atoms with Gasteiger partial charge >= 0.3 is 0 Å². The van der Waals surface area contributed by atoms with E-state index in [1.165, 1.54) is 4.90 Å². The lowest BCUT2D eigenvalue weighted by Crippen LogP contribution is -2.30. The van der Waals surface area contributed by atoms with E-state index >= 15 is 0 Å². The zero-order valence-electron chi connectivity index (χ0n) is 15.9. The van der Waals surface area contributed by atoms with Crippen LogP contribution in [0.3, 0.4) is 0 Å². The van der Waals surface area contributed by atoms with Gasteiger partial charge in [-0.3, -0.25) is 19.3 Å². The van der Waals surface area contributed by atoms with Crippen LogP contribution < -0.4 is 10.2 Å². The second kappa shape index (κ2) is 7.08. The molecule has 3 amide bonds. The molecule has 4 rings (SSSR count). The molecule has 2 aliphatic rings. The molecular formula is C23H22N2O3. The predicted octanol–water partition coefficient (Wildman–Crippen LogP) is 4.01. The minimum atomic E-state index is -0.259. The topological polar surface area (TPSA) is 66.5 Å². The maximum Gasteiger partial charge on any atom is 0.255 e. The zero-order valence-corrected chi connectivity index (χ0v) is 15.9. The van der Waals surface area contributed by atoms with E-state index in [-0.39, 0.29) is 29.6 Å². The highest BCUT2D eigenvalue weighted by Crippen LogP contribution is 2.37. The molecule has 5 heteroatoms. The molecule has 2 atom stereocenters. The van der Waals surface area contributed by atoms with Gasteiger partial charge in [0.15, 0.2) is 0 Å². The molecule has 0 saturated carbocycles. The van der Waals surface area contributed by atoms with Crippen molar-refractivity contribution < 1.29 is 14.4 Å². The molecule has 0 aromatic heterocycles. The Morgan fingerprint density at radius 1 is 0.893 bits per heavy atom. The van der Waals surface area contributed by atoms with Crippen molar-refractivity contribution in [2.45, 2.75) is 26.7 Å². The largest absolute Gasteiger partial charge is 0.322 e. The first kappa shape index (κ1) is 18.2. The number of imide groups is 1. The van der Waals surface area contributed by atoms with E-state index in [9.17, 15) is 14.4 Å². The summed E-state index contributed by atoms with van der Waals surface area (Å²) in [5, 5.41) is 2.88. The van der Waals surface area contributed by atoms with Crippen LogP contribution in [0, 0.1) is 25.7 Å². The second-order valence-electron chi connectivity index (χ2n) is 7.47. The molecule has 1 heterocycles. The number of hydrogen-bond donors (Lipinski definition) is 1. The number of fused-ring (bicyclic) bond motifs is 1. The summed E-state index contributed by atoms with van der Waals surface area (Å²) in [5.74, 6) is -1.04. The van der Waals surface area contributed by atoms with Crippen LogP contribution in [-0.4, -0.2) is 17.7 Å². The van der Waals surface area contributed by atoms with Crippen molar-refractivity contribution in [1.82, 2.24) is 0 Å². The second-order valence-corrected chi connectivity index (χ2v) is 7.47. The fourth-order valence-corrected chi connectivity index (χ4v) is 3.84. The number of nitrogens with zero attached hydrogens (tertiary/aromatic N) is 1. The van der Waals surface area contributed by atoms with Crippen LogP contribution in [0.5, 0.6) is 0 Å². The van der Waals surface area contributed by atoms with Crippen molar-refractivity contribution in [3.05, 3.63) is 71.3 Å². The van der Waals surface area contributed by atoms with Gasteiger partial charge in [-0.2, -0.15) is 0 Å². The average molecular weight is 374 g/mol. The van der Waals surface area contributed by atoms with Gasteiger partial charge in [-0.1, -0.05) is 18.2 Å². The van der Waals surface area contributed by atoms with E-state index in [4.69, 9.17) is 0 Å². The molecule has 1 aliphatic heterocycles. The Balaban J connectivity index is 1.51. The summed E-state index contributed by atoms with van der Waals surface area (Å²) in [6.45, 7) is 4.02. The molecule has 0 spiro atoms. The van der Waals surface area contributed by atoms with Crippen LogP contribution in [0.25, 0.3) is 0 Å². The molecule has 1 aliphatic carbocycles. The van der Waals surface area contributed by atoms with Crippen LogP contribution in [0.15, 0.2) is 54.6 Å².